The molecule has 1 heterocycles. The summed E-state index contributed by atoms with van der Waals surface area (Å²) in [6, 6.07) is 5.84. The minimum atomic E-state index is -4.57. The summed E-state index contributed by atoms with van der Waals surface area (Å²) in [5.74, 6) is -0.847. The van der Waals surface area contributed by atoms with Gasteiger partial charge in [-0.05, 0) is 37.3 Å². The topological polar surface area (TPSA) is 51.2 Å². The van der Waals surface area contributed by atoms with E-state index in [1.54, 1.807) is 0 Å². The van der Waals surface area contributed by atoms with E-state index in [4.69, 9.17) is 0 Å². The summed E-state index contributed by atoms with van der Waals surface area (Å²) in [5, 5.41) is 2.48. The van der Waals surface area contributed by atoms with Crippen LogP contribution in [-0.2, 0) is 6.18 Å². The van der Waals surface area contributed by atoms with Crippen molar-refractivity contribution in [2.45, 2.75) is 25.3 Å². The average molecular weight is 392 g/mol. The van der Waals surface area contributed by atoms with E-state index in [0.29, 0.717) is 5.69 Å². The van der Waals surface area contributed by atoms with Crippen molar-refractivity contribution in [3.05, 3.63) is 59.4 Å². The molecule has 0 unspecified atom stereocenters. The van der Waals surface area contributed by atoms with Crippen molar-refractivity contribution in [1.82, 2.24) is 10.3 Å². The minimum absolute atomic E-state index is 0.104. The molecule has 0 radical (unpaired) electrons. The molecule has 0 fully saturated rings. The third kappa shape index (κ3) is 6.15. The molecule has 1 atom stereocenters. The van der Waals surface area contributed by atoms with E-state index >= 15 is 0 Å². The molecule has 2 rings (SSSR count). The standard InChI is InChI=1S/C17H14F6N2O2/c1-10(14-6-5-13(8-24-14)27-9-16(18,19)20)25-15(26)11-3-2-4-12(7-11)17(21,22)23/h2-8,10H,9H2,1H3,(H,25,26)/t10-/m1/s1. The van der Waals surface area contributed by atoms with Gasteiger partial charge in [0.05, 0.1) is 23.5 Å². The Hall–Kier alpha value is -2.78. The monoisotopic (exact) mass is 392 g/mol. The van der Waals surface area contributed by atoms with Crippen LogP contribution >= 0.6 is 0 Å². The fraction of sp³-hybridized carbons (Fsp3) is 0.294. The van der Waals surface area contributed by atoms with Gasteiger partial charge in [0.2, 0.25) is 0 Å². The number of alkyl halides is 6. The molecule has 1 aromatic carbocycles. The Morgan fingerprint density at radius 2 is 1.85 bits per heavy atom. The van der Waals surface area contributed by atoms with Crippen LogP contribution in [0.1, 0.15) is 34.6 Å². The van der Waals surface area contributed by atoms with Crippen molar-refractivity contribution in [3.8, 4) is 5.75 Å². The fourth-order valence-electron chi connectivity index (χ4n) is 2.09. The lowest BCUT2D eigenvalue weighted by atomic mass is 10.1. The summed E-state index contributed by atoms with van der Waals surface area (Å²) in [4.78, 5) is 16.0. The lowest BCUT2D eigenvalue weighted by Crippen LogP contribution is -2.27. The summed E-state index contributed by atoms with van der Waals surface area (Å²) in [7, 11) is 0. The first kappa shape index (κ1) is 20.5. The van der Waals surface area contributed by atoms with Crippen LogP contribution < -0.4 is 10.1 Å². The lowest BCUT2D eigenvalue weighted by molar-refractivity contribution is -0.153. The van der Waals surface area contributed by atoms with Crippen molar-refractivity contribution >= 4 is 5.91 Å². The van der Waals surface area contributed by atoms with Crippen LogP contribution in [0, 0.1) is 0 Å². The fourth-order valence-corrected chi connectivity index (χ4v) is 2.09. The zero-order valence-corrected chi connectivity index (χ0v) is 13.9. The van der Waals surface area contributed by atoms with Gasteiger partial charge in [-0.25, -0.2) is 0 Å². The first-order valence-corrected chi connectivity index (χ1v) is 7.59. The Labute approximate surface area is 150 Å². The molecule has 0 aliphatic carbocycles. The second-order valence-corrected chi connectivity index (χ2v) is 5.60. The predicted octanol–water partition coefficient (Wildman–Crippen LogP) is 4.53. The van der Waals surface area contributed by atoms with Crippen LogP contribution in [0.4, 0.5) is 26.3 Å². The number of carbonyl (C=O) groups excluding carboxylic acids is 1. The van der Waals surface area contributed by atoms with Gasteiger partial charge in [0.1, 0.15) is 5.75 Å². The Morgan fingerprint density at radius 3 is 2.41 bits per heavy atom. The third-order valence-corrected chi connectivity index (χ3v) is 3.41. The Morgan fingerprint density at radius 1 is 1.15 bits per heavy atom. The van der Waals surface area contributed by atoms with Crippen LogP contribution in [0.2, 0.25) is 0 Å². The average Bonchev–Trinajstić information content (AvgIpc) is 2.59. The zero-order chi connectivity index (χ0) is 20.2. The first-order chi connectivity index (χ1) is 12.5. The maximum Gasteiger partial charge on any atom is 0.422 e. The number of aromatic nitrogens is 1. The number of hydrogen-bond acceptors (Lipinski definition) is 3. The molecular weight excluding hydrogens is 378 g/mol. The molecule has 0 aliphatic heterocycles. The normalized spacial score (nSPS) is 13.1. The molecule has 10 heteroatoms. The van der Waals surface area contributed by atoms with Crippen molar-refractivity contribution < 1.29 is 35.9 Å². The number of ether oxygens (including phenoxy) is 1. The van der Waals surface area contributed by atoms with Gasteiger partial charge in [-0.1, -0.05) is 6.07 Å². The summed E-state index contributed by atoms with van der Waals surface area (Å²) < 4.78 is 78.9. The predicted molar refractivity (Wildman–Crippen MR) is 83.1 cm³/mol. The molecule has 0 spiro atoms. The van der Waals surface area contributed by atoms with E-state index < -0.39 is 36.5 Å². The summed E-state index contributed by atoms with van der Waals surface area (Å²) in [6.45, 7) is 0.0694. The van der Waals surface area contributed by atoms with Crippen LogP contribution in [0.5, 0.6) is 5.75 Å². The minimum Gasteiger partial charge on any atom is -0.483 e. The van der Waals surface area contributed by atoms with E-state index in [1.807, 2.05) is 0 Å². The van der Waals surface area contributed by atoms with Gasteiger partial charge in [-0.3, -0.25) is 9.78 Å². The van der Waals surface area contributed by atoms with Gasteiger partial charge in [0.25, 0.3) is 5.91 Å². The molecule has 1 N–H and O–H groups in total. The number of rotatable bonds is 5. The summed E-state index contributed by atoms with van der Waals surface area (Å²) in [6.07, 6.45) is -7.99. The number of nitrogens with zero attached hydrogens (tertiary/aromatic N) is 1. The molecule has 0 saturated heterocycles. The Balaban J connectivity index is 2.02. The molecule has 0 saturated carbocycles. The molecule has 2 aromatic rings. The maximum absolute atomic E-state index is 12.7. The van der Waals surface area contributed by atoms with Crippen molar-refractivity contribution in [3.63, 3.8) is 0 Å². The van der Waals surface area contributed by atoms with E-state index in [9.17, 15) is 31.1 Å². The van der Waals surface area contributed by atoms with Crippen LogP contribution in [0.3, 0.4) is 0 Å². The van der Waals surface area contributed by atoms with Gasteiger partial charge in [-0.15, -0.1) is 0 Å². The number of halogens is 6. The highest BCUT2D eigenvalue weighted by Crippen LogP contribution is 2.29. The van der Waals surface area contributed by atoms with Gasteiger partial charge >= 0.3 is 12.4 Å². The van der Waals surface area contributed by atoms with Gasteiger partial charge in [0.15, 0.2) is 6.61 Å². The van der Waals surface area contributed by atoms with Crippen LogP contribution in [0.25, 0.3) is 0 Å². The second-order valence-electron chi connectivity index (χ2n) is 5.60. The van der Waals surface area contributed by atoms with Crippen molar-refractivity contribution in [2.75, 3.05) is 6.61 Å². The van der Waals surface area contributed by atoms with E-state index in [2.05, 4.69) is 15.0 Å². The number of hydrogen-bond donors (Lipinski definition) is 1. The molecule has 1 amide bonds. The molecular formula is C17H14F6N2O2. The summed E-state index contributed by atoms with van der Waals surface area (Å²) >= 11 is 0. The van der Waals surface area contributed by atoms with E-state index in [0.717, 1.165) is 24.4 Å². The smallest absolute Gasteiger partial charge is 0.422 e. The molecule has 27 heavy (non-hydrogen) atoms. The lowest BCUT2D eigenvalue weighted by Gasteiger charge is -2.15. The first-order valence-electron chi connectivity index (χ1n) is 7.59. The Kier molecular flexibility index (Phi) is 5.97. The second kappa shape index (κ2) is 7.85. The number of benzene rings is 1. The number of nitrogens with one attached hydrogen (secondary N) is 1. The maximum atomic E-state index is 12.7. The van der Waals surface area contributed by atoms with Gasteiger partial charge < -0.3 is 10.1 Å². The van der Waals surface area contributed by atoms with Crippen molar-refractivity contribution in [2.24, 2.45) is 0 Å². The molecule has 0 aliphatic rings. The quantitative estimate of drug-likeness (QED) is 0.761. The van der Waals surface area contributed by atoms with Crippen molar-refractivity contribution in [1.29, 1.82) is 0 Å². The molecule has 1 aromatic heterocycles. The zero-order valence-electron chi connectivity index (χ0n) is 13.9. The molecule has 4 nitrogen and oxygen atoms in total. The SMILES string of the molecule is C[C@@H](NC(=O)c1cccc(C(F)(F)F)c1)c1ccc(OCC(F)(F)F)cn1. The highest BCUT2D eigenvalue weighted by molar-refractivity contribution is 5.94. The number of pyridine rings is 1. The molecule has 0 bridgehead atoms. The van der Waals surface area contributed by atoms with Gasteiger partial charge in [0, 0.05) is 5.56 Å². The van der Waals surface area contributed by atoms with Gasteiger partial charge in [-0.2, -0.15) is 26.3 Å². The third-order valence-electron chi connectivity index (χ3n) is 3.41. The van der Waals surface area contributed by atoms with Crippen LogP contribution in [0.15, 0.2) is 42.6 Å². The highest BCUT2D eigenvalue weighted by atomic mass is 19.4. The van der Waals surface area contributed by atoms with Crippen LogP contribution in [-0.4, -0.2) is 23.7 Å². The van der Waals surface area contributed by atoms with E-state index in [1.165, 1.54) is 25.1 Å². The largest absolute Gasteiger partial charge is 0.483 e. The summed E-state index contributed by atoms with van der Waals surface area (Å²) in [5.41, 5.74) is -0.830. The Bertz CT molecular complexity index is 787. The number of amides is 1. The van der Waals surface area contributed by atoms with E-state index in [-0.39, 0.29) is 11.3 Å². The number of carbonyl (C=O) groups is 1. The highest BCUT2D eigenvalue weighted by Gasteiger charge is 2.31. The molecule has 146 valence electrons.